The average Bonchev–Trinajstić information content (AvgIpc) is 2.69. The van der Waals surface area contributed by atoms with Crippen molar-refractivity contribution >= 4 is 22.6 Å². The van der Waals surface area contributed by atoms with Crippen LogP contribution in [-0.4, -0.2) is 26.1 Å². The zero-order chi connectivity index (χ0) is 13.4. The Kier molecular flexibility index (Phi) is 2.66. The fraction of sp³-hybridized carbons (Fsp3) is 0.182. The number of hydrogen-bond acceptors (Lipinski definition) is 4. The number of nitrogens with one attached hydrogen (secondary N) is 1. The average molecular weight is 250 g/mol. The Hall–Kier alpha value is -2.57. The van der Waals surface area contributed by atoms with Gasteiger partial charge in [-0.25, -0.2) is 0 Å². The maximum Gasteiger partial charge on any atom is 0.310 e. The maximum absolute atomic E-state index is 11.0. The summed E-state index contributed by atoms with van der Waals surface area (Å²) in [6.45, 7) is 1.45. The second kappa shape index (κ2) is 4.02. The third-order valence-corrected chi connectivity index (χ3v) is 2.81. The smallest absolute Gasteiger partial charge is 0.310 e. The second-order valence-electron chi connectivity index (χ2n) is 3.95. The van der Waals surface area contributed by atoms with Gasteiger partial charge in [0.15, 0.2) is 0 Å². The molecule has 1 aromatic heterocycles. The molecule has 1 atom stereocenters. The lowest BCUT2D eigenvalue weighted by molar-refractivity contribution is -0.383. The van der Waals surface area contributed by atoms with Crippen molar-refractivity contribution in [2.24, 2.45) is 0 Å². The van der Waals surface area contributed by atoms with Gasteiger partial charge in [0.05, 0.1) is 27.8 Å². The molecule has 2 rings (SSSR count). The highest BCUT2D eigenvalue weighted by molar-refractivity contribution is 5.96. The van der Waals surface area contributed by atoms with E-state index in [4.69, 9.17) is 5.11 Å². The van der Waals surface area contributed by atoms with Crippen molar-refractivity contribution in [1.82, 2.24) is 4.98 Å². The molecular weight excluding hydrogens is 240 g/mol. The second-order valence-corrected chi connectivity index (χ2v) is 3.95. The number of carbonyl (C=O) groups is 1. The zero-order valence-electron chi connectivity index (χ0n) is 9.38. The Bertz CT molecular complexity index is 646. The quantitative estimate of drug-likeness (QED) is 0.568. The van der Waals surface area contributed by atoms with E-state index >= 15 is 0 Å². The van der Waals surface area contributed by atoms with Crippen molar-refractivity contribution in [2.45, 2.75) is 12.8 Å². The standard InChI is InChI=1S/C11H10N2O5/c1-5(11(15)16)7-4-12-8-2-6(14)3-9(10(7)8)13(17)18/h2-5,12,14H,1H3,(H,15,16). The monoisotopic (exact) mass is 250 g/mol. The number of phenols is 1. The minimum absolute atomic E-state index is 0.215. The molecule has 3 N–H and O–H groups in total. The van der Waals surface area contributed by atoms with Crippen LogP contribution in [0.25, 0.3) is 10.9 Å². The van der Waals surface area contributed by atoms with Crippen LogP contribution in [0.2, 0.25) is 0 Å². The molecule has 1 aromatic carbocycles. The van der Waals surface area contributed by atoms with Crippen LogP contribution < -0.4 is 0 Å². The molecule has 7 heteroatoms. The molecule has 0 bridgehead atoms. The van der Waals surface area contributed by atoms with E-state index in [0.717, 1.165) is 6.07 Å². The molecule has 0 aliphatic rings. The normalized spacial score (nSPS) is 12.5. The van der Waals surface area contributed by atoms with Crippen LogP contribution in [0, 0.1) is 10.1 Å². The van der Waals surface area contributed by atoms with Crippen molar-refractivity contribution in [3.63, 3.8) is 0 Å². The lowest BCUT2D eigenvalue weighted by atomic mass is 9.99. The van der Waals surface area contributed by atoms with Gasteiger partial charge in [0.1, 0.15) is 5.75 Å². The molecule has 0 amide bonds. The summed E-state index contributed by atoms with van der Waals surface area (Å²) in [7, 11) is 0. The van der Waals surface area contributed by atoms with Crippen LogP contribution in [0.4, 0.5) is 5.69 Å². The summed E-state index contributed by atoms with van der Waals surface area (Å²) in [5, 5.41) is 29.5. The molecule has 0 aliphatic heterocycles. The van der Waals surface area contributed by atoms with E-state index in [1.165, 1.54) is 19.2 Å². The Balaban J connectivity index is 2.78. The largest absolute Gasteiger partial charge is 0.508 e. The van der Waals surface area contributed by atoms with Crippen molar-refractivity contribution in [2.75, 3.05) is 0 Å². The van der Waals surface area contributed by atoms with E-state index in [2.05, 4.69) is 4.98 Å². The number of fused-ring (bicyclic) bond motifs is 1. The lowest BCUT2D eigenvalue weighted by Crippen LogP contribution is -2.07. The van der Waals surface area contributed by atoms with Crippen LogP contribution in [0.5, 0.6) is 5.75 Å². The number of nitro benzene ring substituents is 1. The maximum atomic E-state index is 11.0. The summed E-state index contributed by atoms with van der Waals surface area (Å²) < 4.78 is 0. The number of carboxylic acids is 1. The van der Waals surface area contributed by atoms with Crippen LogP contribution in [0.15, 0.2) is 18.3 Å². The summed E-state index contributed by atoms with van der Waals surface area (Å²) in [5.74, 6) is -2.19. The Morgan fingerprint density at radius 3 is 2.72 bits per heavy atom. The van der Waals surface area contributed by atoms with E-state index < -0.39 is 16.8 Å². The van der Waals surface area contributed by atoms with Crippen LogP contribution in [0.3, 0.4) is 0 Å². The van der Waals surface area contributed by atoms with Crippen molar-refractivity contribution in [1.29, 1.82) is 0 Å². The molecule has 0 spiro atoms. The summed E-state index contributed by atoms with van der Waals surface area (Å²) in [6, 6.07) is 2.33. The van der Waals surface area contributed by atoms with Crippen molar-refractivity contribution in [3.05, 3.63) is 34.0 Å². The molecule has 0 radical (unpaired) electrons. The molecule has 0 aliphatic carbocycles. The SMILES string of the molecule is CC(C(=O)O)c1c[nH]c2cc(O)cc([N+](=O)[O-])c12. The van der Waals surface area contributed by atoms with Gasteiger partial charge in [0.25, 0.3) is 5.69 Å². The van der Waals surface area contributed by atoms with Gasteiger partial charge in [0.2, 0.25) is 0 Å². The Labute approximate surface area is 101 Å². The first-order valence-corrected chi connectivity index (χ1v) is 5.13. The number of aromatic hydroxyl groups is 1. The predicted molar refractivity (Wildman–Crippen MR) is 62.7 cm³/mol. The van der Waals surface area contributed by atoms with Crippen LogP contribution in [0.1, 0.15) is 18.4 Å². The van der Waals surface area contributed by atoms with Gasteiger partial charge >= 0.3 is 5.97 Å². The number of nitro groups is 1. The molecule has 2 aromatic rings. The minimum atomic E-state index is -1.07. The van der Waals surface area contributed by atoms with E-state index in [9.17, 15) is 20.0 Å². The van der Waals surface area contributed by atoms with E-state index in [0.29, 0.717) is 11.1 Å². The number of phenolic OH excluding ortho intramolecular Hbond substituents is 1. The van der Waals surface area contributed by atoms with Gasteiger partial charge in [-0.1, -0.05) is 0 Å². The summed E-state index contributed by atoms with van der Waals surface area (Å²) in [4.78, 5) is 24.0. The van der Waals surface area contributed by atoms with Crippen molar-refractivity contribution in [3.8, 4) is 5.75 Å². The zero-order valence-corrected chi connectivity index (χ0v) is 9.38. The highest BCUT2D eigenvalue weighted by Gasteiger charge is 2.24. The van der Waals surface area contributed by atoms with Crippen molar-refractivity contribution < 1.29 is 19.9 Å². The number of carboxylic acid groups (broad SMARTS) is 1. The van der Waals surface area contributed by atoms with E-state index in [1.807, 2.05) is 0 Å². The number of aliphatic carboxylic acids is 1. The third-order valence-electron chi connectivity index (χ3n) is 2.81. The third kappa shape index (κ3) is 1.75. The highest BCUT2D eigenvalue weighted by Crippen LogP contribution is 2.35. The van der Waals surface area contributed by atoms with E-state index in [-0.39, 0.29) is 16.8 Å². The number of aromatic nitrogens is 1. The fourth-order valence-electron chi connectivity index (χ4n) is 1.88. The number of non-ortho nitro benzene ring substituents is 1. The Morgan fingerprint density at radius 2 is 2.17 bits per heavy atom. The van der Waals surface area contributed by atoms with E-state index in [1.54, 1.807) is 0 Å². The molecule has 94 valence electrons. The number of rotatable bonds is 3. The summed E-state index contributed by atoms with van der Waals surface area (Å²) >= 11 is 0. The Morgan fingerprint density at radius 1 is 1.50 bits per heavy atom. The molecule has 18 heavy (non-hydrogen) atoms. The number of hydrogen-bond donors (Lipinski definition) is 3. The number of aromatic amines is 1. The fourth-order valence-corrected chi connectivity index (χ4v) is 1.88. The number of nitrogens with zero attached hydrogens (tertiary/aromatic N) is 1. The van der Waals surface area contributed by atoms with Gasteiger partial charge in [0, 0.05) is 12.3 Å². The number of benzene rings is 1. The predicted octanol–water partition coefficient (Wildman–Crippen LogP) is 1.97. The minimum Gasteiger partial charge on any atom is -0.508 e. The first-order chi connectivity index (χ1) is 8.41. The van der Waals surface area contributed by atoms with Crippen LogP contribution >= 0.6 is 0 Å². The first kappa shape index (κ1) is 11.9. The summed E-state index contributed by atoms with van der Waals surface area (Å²) in [5.41, 5.74) is 0.350. The molecule has 1 heterocycles. The topological polar surface area (TPSA) is 116 Å². The molecule has 1 unspecified atom stereocenters. The lowest BCUT2D eigenvalue weighted by Gasteiger charge is -2.04. The van der Waals surface area contributed by atoms with Gasteiger partial charge in [-0.05, 0) is 12.5 Å². The van der Waals surface area contributed by atoms with Gasteiger partial charge < -0.3 is 15.2 Å². The first-order valence-electron chi connectivity index (χ1n) is 5.13. The van der Waals surface area contributed by atoms with Crippen LogP contribution in [-0.2, 0) is 4.79 Å². The van der Waals surface area contributed by atoms with Gasteiger partial charge in [-0.15, -0.1) is 0 Å². The highest BCUT2D eigenvalue weighted by atomic mass is 16.6. The molecule has 0 saturated heterocycles. The molecule has 0 fully saturated rings. The van der Waals surface area contributed by atoms with Gasteiger partial charge in [-0.2, -0.15) is 0 Å². The molecule has 7 nitrogen and oxygen atoms in total. The van der Waals surface area contributed by atoms with Gasteiger partial charge in [-0.3, -0.25) is 14.9 Å². The summed E-state index contributed by atoms with van der Waals surface area (Å²) in [6.07, 6.45) is 1.41. The number of H-pyrrole nitrogens is 1. The molecular formula is C11H10N2O5. The molecule has 0 saturated carbocycles.